The van der Waals surface area contributed by atoms with Crippen molar-refractivity contribution in [3.8, 4) is 5.75 Å². The maximum atomic E-state index is 13.6. The van der Waals surface area contributed by atoms with Crippen molar-refractivity contribution in [3.05, 3.63) is 29.3 Å². The van der Waals surface area contributed by atoms with E-state index in [9.17, 15) is 4.79 Å². The van der Waals surface area contributed by atoms with E-state index in [4.69, 9.17) is 4.74 Å². The van der Waals surface area contributed by atoms with Crippen molar-refractivity contribution in [2.24, 2.45) is 28.6 Å². The first-order valence-electron chi connectivity index (χ1n) is 9.89. The Bertz CT molecular complexity index is 660. The summed E-state index contributed by atoms with van der Waals surface area (Å²) in [4.78, 5) is 13.6. The monoisotopic (exact) mass is 342 g/mol. The van der Waals surface area contributed by atoms with Gasteiger partial charge in [-0.2, -0.15) is 0 Å². The summed E-state index contributed by atoms with van der Waals surface area (Å²) in [6, 6.07) is 5.97. The molecule has 4 unspecified atom stereocenters. The Hall–Kier alpha value is -1.31. The van der Waals surface area contributed by atoms with Gasteiger partial charge in [0, 0.05) is 11.5 Å². The Morgan fingerprint density at radius 3 is 2.52 bits per heavy atom. The van der Waals surface area contributed by atoms with Crippen LogP contribution < -0.4 is 4.74 Å². The van der Waals surface area contributed by atoms with Gasteiger partial charge in [-0.3, -0.25) is 4.79 Å². The minimum absolute atomic E-state index is 0.119. The molecule has 0 aliphatic heterocycles. The summed E-state index contributed by atoms with van der Waals surface area (Å²) in [5.74, 6) is 2.34. The van der Waals surface area contributed by atoms with Gasteiger partial charge >= 0.3 is 0 Å². The summed E-state index contributed by atoms with van der Waals surface area (Å²) in [6.45, 7) is 11.6. The van der Waals surface area contributed by atoms with Crippen LogP contribution >= 0.6 is 0 Å². The van der Waals surface area contributed by atoms with Crippen molar-refractivity contribution in [2.75, 3.05) is 7.11 Å². The molecule has 2 heteroatoms. The predicted octanol–water partition coefficient (Wildman–Crippen LogP) is 6.07. The number of benzene rings is 1. The normalized spacial score (nSPS) is 34.2. The Morgan fingerprint density at radius 1 is 1.12 bits per heavy atom. The Kier molecular flexibility index (Phi) is 4.77. The highest BCUT2D eigenvalue weighted by atomic mass is 16.5. The van der Waals surface area contributed by atoms with Crippen LogP contribution in [0.25, 0.3) is 0 Å². The Morgan fingerprint density at radius 2 is 1.84 bits per heavy atom. The van der Waals surface area contributed by atoms with Crippen LogP contribution in [0, 0.1) is 35.5 Å². The summed E-state index contributed by atoms with van der Waals surface area (Å²) >= 11 is 0. The van der Waals surface area contributed by atoms with Crippen LogP contribution in [0.15, 0.2) is 18.2 Å². The zero-order chi connectivity index (χ0) is 18.4. The van der Waals surface area contributed by atoms with E-state index in [1.165, 1.54) is 32.1 Å². The molecule has 0 spiro atoms. The Balaban J connectivity index is 2.01. The first-order chi connectivity index (χ1) is 11.7. The molecule has 2 nitrogen and oxygen atoms in total. The third kappa shape index (κ3) is 3.13. The molecule has 2 saturated carbocycles. The second-order valence-electron chi connectivity index (χ2n) is 9.54. The molecule has 2 aliphatic carbocycles. The lowest BCUT2D eigenvalue weighted by Crippen LogP contribution is -2.53. The lowest BCUT2D eigenvalue weighted by atomic mass is 9.46. The van der Waals surface area contributed by atoms with Gasteiger partial charge in [0.15, 0.2) is 5.78 Å². The number of rotatable bonds is 3. The van der Waals surface area contributed by atoms with Crippen molar-refractivity contribution in [3.63, 3.8) is 0 Å². The van der Waals surface area contributed by atoms with Gasteiger partial charge in [-0.1, -0.05) is 34.1 Å². The number of Topliss-reactive ketones (excluding diaryl/α,β-unsaturated/α-hetero) is 1. The van der Waals surface area contributed by atoms with Gasteiger partial charge in [0.05, 0.1) is 7.11 Å². The van der Waals surface area contributed by atoms with Crippen LogP contribution in [0.1, 0.15) is 75.7 Å². The number of ketones is 1. The van der Waals surface area contributed by atoms with Crippen LogP contribution in [-0.2, 0) is 0 Å². The molecule has 4 atom stereocenters. The summed E-state index contributed by atoms with van der Waals surface area (Å²) in [7, 11) is 1.67. The maximum Gasteiger partial charge on any atom is 0.166 e. The van der Waals surface area contributed by atoms with Gasteiger partial charge in [0.25, 0.3) is 0 Å². The van der Waals surface area contributed by atoms with E-state index in [2.05, 4.69) is 27.7 Å². The van der Waals surface area contributed by atoms with Crippen LogP contribution in [0.4, 0.5) is 0 Å². The van der Waals surface area contributed by atoms with E-state index in [0.29, 0.717) is 23.0 Å². The summed E-state index contributed by atoms with van der Waals surface area (Å²) in [5.41, 5.74) is 2.39. The summed E-state index contributed by atoms with van der Waals surface area (Å²) in [5, 5.41) is 0. The van der Waals surface area contributed by atoms with Gasteiger partial charge in [0.2, 0.25) is 0 Å². The van der Waals surface area contributed by atoms with Crippen molar-refractivity contribution < 1.29 is 9.53 Å². The van der Waals surface area contributed by atoms with Crippen molar-refractivity contribution in [1.29, 1.82) is 0 Å². The summed E-state index contributed by atoms with van der Waals surface area (Å²) in [6.07, 6.45) is 6.16. The third-order valence-electron chi connectivity index (χ3n) is 7.32. The van der Waals surface area contributed by atoms with Crippen LogP contribution in [-0.4, -0.2) is 12.9 Å². The third-order valence-corrected chi connectivity index (χ3v) is 7.32. The van der Waals surface area contributed by atoms with Gasteiger partial charge in [-0.05, 0) is 79.0 Å². The van der Waals surface area contributed by atoms with Crippen LogP contribution in [0.5, 0.6) is 5.75 Å². The minimum atomic E-state index is 0.119. The highest BCUT2D eigenvalue weighted by molar-refractivity contribution is 5.99. The first kappa shape index (κ1) is 18.5. The fraction of sp³-hybridized carbons (Fsp3) is 0.696. The molecule has 1 aromatic rings. The van der Waals surface area contributed by atoms with Crippen molar-refractivity contribution in [2.45, 2.75) is 66.7 Å². The topological polar surface area (TPSA) is 26.3 Å². The standard InChI is InChI=1S/C23H34O2/c1-15-12-17(14-18(13-15)25-6)21(24)20-16(2)8-9-19-22(3,4)10-7-11-23(19,20)5/h12-14,16,19-20H,7-11H2,1-6H3. The largest absolute Gasteiger partial charge is 0.497 e. The van der Waals surface area contributed by atoms with Gasteiger partial charge in [0.1, 0.15) is 5.75 Å². The molecule has 0 aromatic heterocycles. The molecule has 0 heterocycles. The number of ether oxygens (including phenoxy) is 1. The van der Waals surface area contributed by atoms with Crippen molar-refractivity contribution >= 4 is 5.78 Å². The first-order valence-corrected chi connectivity index (χ1v) is 9.89. The van der Waals surface area contributed by atoms with E-state index in [1.807, 2.05) is 25.1 Å². The van der Waals surface area contributed by atoms with E-state index in [0.717, 1.165) is 16.9 Å². The number of hydrogen-bond donors (Lipinski definition) is 0. The molecular weight excluding hydrogens is 308 g/mol. The van der Waals surface area contributed by atoms with E-state index in [-0.39, 0.29) is 11.3 Å². The number of hydrogen-bond acceptors (Lipinski definition) is 2. The Labute approximate surface area is 153 Å². The number of carbonyl (C=O) groups is 1. The SMILES string of the molecule is COc1cc(C)cc(C(=O)C2C(C)CCC3C(C)(C)CCCC23C)c1. The second kappa shape index (κ2) is 6.45. The predicted molar refractivity (Wildman–Crippen MR) is 103 cm³/mol. The maximum absolute atomic E-state index is 13.6. The van der Waals surface area contributed by atoms with Crippen LogP contribution in [0.3, 0.4) is 0 Å². The number of aryl methyl sites for hydroxylation is 1. The van der Waals surface area contributed by atoms with Crippen molar-refractivity contribution in [1.82, 2.24) is 0 Å². The molecule has 0 amide bonds. The fourth-order valence-corrected chi connectivity index (χ4v) is 6.25. The molecular formula is C23H34O2. The molecule has 2 fully saturated rings. The molecule has 2 aliphatic rings. The van der Waals surface area contributed by atoms with Gasteiger partial charge in [-0.15, -0.1) is 0 Å². The zero-order valence-electron chi connectivity index (χ0n) is 16.8. The number of fused-ring (bicyclic) bond motifs is 1. The second-order valence-corrected chi connectivity index (χ2v) is 9.54. The molecule has 0 saturated heterocycles. The number of methoxy groups -OCH3 is 1. The number of carbonyl (C=O) groups excluding carboxylic acids is 1. The highest BCUT2D eigenvalue weighted by Crippen LogP contribution is 2.61. The van der Waals surface area contributed by atoms with E-state index < -0.39 is 0 Å². The fourth-order valence-electron chi connectivity index (χ4n) is 6.25. The molecule has 0 N–H and O–H groups in total. The molecule has 138 valence electrons. The minimum Gasteiger partial charge on any atom is -0.497 e. The van der Waals surface area contributed by atoms with E-state index >= 15 is 0 Å². The molecule has 0 bridgehead atoms. The molecule has 3 rings (SSSR count). The van der Waals surface area contributed by atoms with Gasteiger partial charge in [-0.25, -0.2) is 0 Å². The van der Waals surface area contributed by atoms with E-state index in [1.54, 1.807) is 7.11 Å². The highest BCUT2D eigenvalue weighted by Gasteiger charge is 2.55. The average molecular weight is 343 g/mol. The zero-order valence-corrected chi connectivity index (χ0v) is 16.8. The smallest absolute Gasteiger partial charge is 0.166 e. The summed E-state index contributed by atoms with van der Waals surface area (Å²) < 4.78 is 5.41. The van der Waals surface area contributed by atoms with Gasteiger partial charge < -0.3 is 4.74 Å². The molecule has 0 radical (unpaired) electrons. The lowest BCUT2D eigenvalue weighted by molar-refractivity contribution is -0.0796. The molecule has 1 aromatic carbocycles. The van der Waals surface area contributed by atoms with Crippen LogP contribution in [0.2, 0.25) is 0 Å². The quantitative estimate of drug-likeness (QED) is 0.624. The lowest BCUT2D eigenvalue weighted by Gasteiger charge is -2.58. The average Bonchev–Trinajstić information content (AvgIpc) is 2.52. The molecule has 25 heavy (non-hydrogen) atoms.